The molecule has 106 valence electrons. The van der Waals surface area contributed by atoms with Crippen LogP contribution in [0.2, 0.25) is 10.0 Å². The number of hydrogen-bond donors (Lipinski definition) is 1. The van der Waals surface area contributed by atoms with E-state index in [9.17, 15) is 9.18 Å². The fraction of sp³-hybridized carbons (Fsp3) is 0. The highest BCUT2D eigenvalue weighted by Gasteiger charge is 2.15. The molecule has 2 aromatic heterocycles. The van der Waals surface area contributed by atoms with Gasteiger partial charge in [-0.1, -0.05) is 23.2 Å². The second kappa shape index (κ2) is 4.98. The minimum atomic E-state index is -1.14. The molecule has 3 aromatic rings. The normalized spacial score (nSPS) is 11.0. The van der Waals surface area contributed by atoms with E-state index in [0.29, 0.717) is 5.56 Å². The van der Waals surface area contributed by atoms with Crippen molar-refractivity contribution in [3.8, 4) is 11.4 Å². The Bertz CT molecular complexity index is 879. The summed E-state index contributed by atoms with van der Waals surface area (Å²) >= 11 is 11.6. The molecule has 0 radical (unpaired) electrons. The smallest absolute Gasteiger partial charge is 0.337 e. The number of pyridine rings is 1. The molecule has 0 saturated carbocycles. The quantitative estimate of drug-likeness (QED) is 0.782. The van der Waals surface area contributed by atoms with Crippen molar-refractivity contribution in [2.75, 3.05) is 0 Å². The molecule has 0 aliphatic heterocycles. The largest absolute Gasteiger partial charge is 0.478 e. The number of hydrogen-bond acceptors (Lipinski definition) is 3. The van der Waals surface area contributed by atoms with Crippen molar-refractivity contribution in [2.45, 2.75) is 0 Å². The van der Waals surface area contributed by atoms with Gasteiger partial charge in [-0.15, -0.1) is 10.2 Å². The lowest BCUT2D eigenvalue weighted by molar-refractivity contribution is 0.0696. The van der Waals surface area contributed by atoms with E-state index in [-0.39, 0.29) is 27.1 Å². The van der Waals surface area contributed by atoms with E-state index in [1.165, 1.54) is 28.8 Å². The number of carboxylic acids is 1. The molecule has 0 atom stereocenters. The van der Waals surface area contributed by atoms with E-state index in [1.54, 1.807) is 6.07 Å². The molecule has 8 heteroatoms. The van der Waals surface area contributed by atoms with Crippen LogP contribution in [0.5, 0.6) is 0 Å². The molecule has 0 saturated heterocycles. The Hall–Kier alpha value is -2.18. The molecule has 1 N–H and O–H groups in total. The predicted octanol–water partition coefficient (Wildman–Crippen LogP) is 3.54. The monoisotopic (exact) mass is 325 g/mol. The summed E-state index contributed by atoms with van der Waals surface area (Å²) in [6.07, 6.45) is 1.32. The van der Waals surface area contributed by atoms with Gasteiger partial charge >= 0.3 is 5.97 Å². The van der Waals surface area contributed by atoms with E-state index >= 15 is 0 Å². The molecule has 0 spiro atoms. The minimum absolute atomic E-state index is 0.0168. The van der Waals surface area contributed by atoms with Crippen molar-refractivity contribution in [1.82, 2.24) is 14.6 Å². The molecular weight excluding hydrogens is 320 g/mol. The van der Waals surface area contributed by atoms with E-state index in [1.807, 2.05) is 0 Å². The summed E-state index contributed by atoms with van der Waals surface area (Å²) in [5.74, 6) is -1.47. The highest BCUT2D eigenvalue weighted by atomic mass is 35.5. The average Bonchev–Trinajstić information content (AvgIpc) is 2.86. The van der Waals surface area contributed by atoms with E-state index in [0.717, 1.165) is 0 Å². The Balaban J connectivity index is 2.27. The van der Waals surface area contributed by atoms with Gasteiger partial charge in [-0.3, -0.25) is 4.40 Å². The molecule has 0 fully saturated rings. The maximum absolute atomic E-state index is 13.5. The number of halogens is 3. The van der Waals surface area contributed by atoms with Gasteiger partial charge in [0, 0.05) is 11.8 Å². The van der Waals surface area contributed by atoms with Crippen molar-refractivity contribution in [1.29, 1.82) is 0 Å². The van der Waals surface area contributed by atoms with Crippen LogP contribution in [0.1, 0.15) is 10.4 Å². The minimum Gasteiger partial charge on any atom is -0.478 e. The molecule has 0 unspecified atom stereocenters. The van der Waals surface area contributed by atoms with Gasteiger partial charge in [0.15, 0.2) is 11.5 Å². The lowest BCUT2D eigenvalue weighted by atomic mass is 10.2. The van der Waals surface area contributed by atoms with Gasteiger partial charge in [0.05, 0.1) is 15.6 Å². The second-order valence-electron chi connectivity index (χ2n) is 4.23. The van der Waals surface area contributed by atoms with Crippen molar-refractivity contribution in [3.63, 3.8) is 0 Å². The summed E-state index contributed by atoms with van der Waals surface area (Å²) in [4.78, 5) is 11.1. The van der Waals surface area contributed by atoms with Gasteiger partial charge in [-0.05, 0) is 24.3 Å². The summed E-state index contributed by atoms with van der Waals surface area (Å²) in [6, 6.07) is 5.42. The van der Waals surface area contributed by atoms with E-state index < -0.39 is 11.8 Å². The third-order valence-corrected chi connectivity index (χ3v) is 3.47. The maximum atomic E-state index is 13.5. The van der Waals surface area contributed by atoms with Crippen molar-refractivity contribution < 1.29 is 14.3 Å². The van der Waals surface area contributed by atoms with E-state index in [2.05, 4.69) is 10.2 Å². The summed E-state index contributed by atoms with van der Waals surface area (Å²) in [5.41, 5.74) is 0.665. The molecule has 2 heterocycles. The lowest BCUT2D eigenvalue weighted by Gasteiger charge is -2.03. The number of carboxylic acid groups (broad SMARTS) is 1. The SMILES string of the molecule is O=C(O)c1cc(Cl)c2nnc(-c3ccc(Cl)c(F)c3)n2c1. The Labute approximate surface area is 127 Å². The van der Waals surface area contributed by atoms with Gasteiger partial charge in [0.1, 0.15) is 5.82 Å². The average molecular weight is 326 g/mol. The maximum Gasteiger partial charge on any atom is 0.337 e. The summed E-state index contributed by atoms with van der Waals surface area (Å²) < 4.78 is 14.9. The zero-order chi connectivity index (χ0) is 15.1. The first-order chi connectivity index (χ1) is 9.97. The van der Waals surface area contributed by atoms with Gasteiger partial charge in [0.25, 0.3) is 0 Å². The molecular formula is C13H6Cl2FN3O2. The lowest BCUT2D eigenvalue weighted by Crippen LogP contribution is -2.00. The first-order valence-corrected chi connectivity index (χ1v) is 6.46. The molecule has 21 heavy (non-hydrogen) atoms. The standard InChI is InChI=1S/C13H6Cl2FN3O2/c14-8-2-1-6(4-10(8)16)11-17-18-12-9(15)3-7(13(20)21)5-19(11)12/h1-5H,(H,20,21). The fourth-order valence-corrected chi connectivity index (χ4v) is 2.27. The first-order valence-electron chi connectivity index (χ1n) is 5.70. The predicted molar refractivity (Wildman–Crippen MR) is 75.4 cm³/mol. The molecule has 0 aliphatic carbocycles. The Morgan fingerprint density at radius 1 is 1.19 bits per heavy atom. The van der Waals surface area contributed by atoms with Crippen LogP contribution in [0.25, 0.3) is 17.0 Å². The number of rotatable bonds is 2. The highest BCUT2D eigenvalue weighted by Crippen LogP contribution is 2.26. The summed E-state index contributed by atoms with van der Waals surface area (Å²) in [6.45, 7) is 0. The number of fused-ring (bicyclic) bond motifs is 1. The molecule has 0 aliphatic rings. The Kier molecular flexibility index (Phi) is 3.27. The molecule has 0 amide bonds. The molecule has 1 aromatic carbocycles. The van der Waals surface area contributed by atoms with Crippen LogP contribution in [0.15, 0.2) is 30.5 Å². The number of aromatic nitrogens is 3. The van der Waals surface area contributed by atoms with Gasteiger partial charge in [0.2, 0.25) is 0 Å². The van der Waals surface area contributed by atoms with Crippen LogP contribution in [0.3, 0.4) is 0 Å². The van der Waals surface area contributed by atoms with Crippen LogP contribution >= 0.6 is 23.2 Å². The van der Waals surface area contributed by atoms with Gasteiger partial charge in [-0.2, -0.15) is 0 Å². The van der Waals surface area contributed by atoms with Gasteiger partial charge < -0.3 is 5.11 Å². The zero-order valence-electron chi connectivity index (χ0n) is 10.2. The Morgan fingerprint density at radius 3 is 2.62 bits per heavy atom. The number of benzene rings is 1. The van der Waals surface area contributed by atoms with Crippen molar-refractivity contribution in [2.24, 2.45) is 0 Å². The number of aromatic carboxylic acids is 1. The fourth-order valence-electron chi connectivity index (χ4n) is 1.90. The third-order valence-electron chi connectivity index (χ3n) is 2.88. The van der Waals surface area contributed by atoms with Crippen LogP contribution in [-0.4, -0.2) is 25.7 Å². The molecule has 5 nitrogen and oxygen atoms in total. The topological polar surface area (TPSA) is 67.5 Å². The highest BCUT2D eigenvalue weighted by molar-refractivity contribution is 6.33. The molecule has 3 rings (SSSR count). The van der Waals surface area contributed by atoms with Crippen molar-refractivity contribution >= 4 is 34.8 Å². The van der Waals surface area contributed by atoms with Gasteiger partial charge in [-0.25, -0.2) is 9.18 Å². The van der Waals surface area contributed by atoms with Crippen LogP contribution < -0.4 is 0 Å². The van der Waals surface area contributed by atoms with Crippen LogP contribution in [0.4, 0.5) is 4.39 Å². The summed E-state index contributed by atoms with van der Waals surface area (Å²) in [5, 5.41) is 17.0. The van der Waals surface area contributed by atoms with Crippen LogP contribution in [0, 0.1) is 5.82 Å². The number of carbonyl (C=O) groups is 1. The Morgan fingerprint density at radius 2 is 1.95 bits per heavy atom. The zero-order valence-corrected chi connectivity index (χ0v) is 11.7. The first kappa shape index (κ1) is 13.8. The summed E-state index contributed by atoms with van der Waals surface area (Å²) in [7, 11) is 0. The number of nitrogens with zero attached hydrogens (tertiary/aromatic N) is 3. The second-order valence-corrected chi connectivity index (χ2v) is 5.04. The third kappa shape index (κ3) is 2.32. The van der Waals surface area contributed by atoms with Crippen LogP contribution in [-0.2, 0) is 0 Å². The van der Waals surface area contributed by atoms with Crippen molar-refractivity contribution in [3.05, 3.63) is 51.9 Å². The van der Waals surface area contributed by atoms with E-state index in [4.69, 9.17) is 28.3 Å². The molecule has 0 bridgehead atoms.